The monoisotopic (exact) mass is 240 g/mol. The Bertz CT molecular complexity index is 307. The molecule has 82 valence electrons. The number of rotatable bonds is 2. The van der Waals surface area contributed by atoms with E-state index in [9.17, 15) is 8.42 Å². The summed E-state index contributed by atoms with van der Waals surface area (Å²) >= 11 is 0. The number of ether oxygens (including phenoxy) is 2. The summed E-state index contributed by atoms with van der Waals surface area (Å²) < 4.78 is 32.6. The van der Waals surface area contributed by atoms with Crippen molar-refractivity contribution in [3.05, 3.63) is 0 Å². The molecule has 0 N–H and O–H groups in total. The number of halogens is 1. The third-order valence-corrected chi connectivity index (χ3v) is 3.94. The molecule has 0 bridgehead atoms. The Morgan fingerprint density at radius 1 is 1.43 bits per heavy atom. The van der Waals surface area contributed by atoms with Gasteiger partial charge in [-0.25, -0.2) is 8.42 Å². The lowest BCUT2D eigenvalue weighted by Crippen LogP contribution is -2.30. The minimum atomic E-state index is -3.45. The van der Waals surface area contributed by atoms with Crippen LogP contribution in [0.5, 0.6) is 0 Å². The van der Waals surface area contributed by atoms with Crippen LogP contribution in [-0.2, 0) is 18.5 Å². The molecule has 0 aromatic rings. The van der Waals surface area contributed by atoms with E-state index in [0.29, 0.717) is 13.2 Å². The first-order valence-corrected chi connectivity index (χ1v) is 7.15. The predicted molar refractivity (Wildman–Crippen MR) is 51.9 cm³/mol. The Balaban J connectivity index is 1.94. The van der Waals surface area contributed by atoms with E-state index in [0.717, 1.165) is 19.3 Å². The van der Waals surface area contributed by atoms with Gasteiger partial charge in [-0.1, -0.05) is 0 Å². The summed E-state index contributed by atoms with van der Waals surface area (Å²) in [5, 5.41) is 0. The first-order valence-electron chi connectivity index (χ1n) is 4.67. The molecule has 6 heteroatoms. The van der Waals surface area contributed by atoms with Gasteiger partial charge in [0.25, 0.3) is 0 Å². The van der Waals surface area contributed by atoms with Gasteiger partial charge in [0.15, 0.2) is 0 Å². The van der Waals surface area contributed by atoms with Crippen LogP contribution in [0.2, 0.25) is 0 Å². The molecule has 2 fully saturated rings. The van der Waals surface area contributed by atoms with Crippen molar-refractivity contribution in [3.63, 3.8) is 0 Å². The van der Waals surface area contributed by atoms with Crippen molar-refractivity contribution >= 4 is 19.7 Å². The molecule has 2 rings (SSSR count). The van der Waals surface area contributed by atoms with Gasteiger partial charge in [0.1, 0.15) is 0 Å². The van der Waals surface area contributed by atoms with Crippen LogP contribution < -0.4 is 0 Å². The van der Waals surface area contributed by atoms with Crippen molar-refractivity contribution in [2.24, 2.45) is 0 Å². The van der Waals surface area contributed by atoms with Crippen LogP contribution in [0.1, 0.15) is 19.3 Å². The lowest BCUT2D eigenvalue weighted by molar-refractivity contribution is -0.0362. The maximum absolute atomic E-state index is 10.8. The Labute approximate surface area is 87.9 Å². The fourth-order valence-electron chi connectivity index (χ4n) is 2.11. The zero-order valence-corrected chi connectivity index (χ0v) is 9.31. The van der Waals surface area contributed by atoms with Crippen molar-refractivity contribution in [2.75, 3.05) is 19.0 Å². The van der Waals surface area contributed by atoms with Crippen LogP contribution in [0.4, 0.5) is 0 Å². The fraction of sp³-hybridized carbons (Fsp3) is 1.00. The second kappa shape index (κ2) is 3.63. The first-order chi connectivity index (χ1) is 6.49. The summed E-state index contributed by atoms with van der Waals surface area (Å²) in [4.78, 5) is 0. The largest absolute Gasteiger partial charge is 0.378 e. The SMILES string of the molecule is O=S(=O)(Cl)CC1CCC2(CCOC2)O1. The molecule has 0 radical (unpaired) electrons. The number of hydrogen-bond acceptors (Lipinski definition) is 4. The summed E-state index contributed by atoms with van der Waals surface area (Å²) in [5.41, 5.74) is -0.216. The molecule has 2 saturated heterocycles. The third kappa shape index (κ3) is 2.39. The van der Waals surface area contributed by atoms with Gasteiger partial charge in [-0.05, 0) is 12.8 Å². The van der Waals surface area contributed by atoms with Crippen molar-refractivity contribution in [1.82, 2.24) is 0 Å². The van der Waals surface area contributed by atoms with Gasteiger partial charge >= 0.3 is 0 Å². The van der Waals surface area contributed by atoms with Crippen molar-refractivity contribution in [2.45, 2.75) is 31.0 Å². The average Bonchev–Trinajstić information content (AvgIpc) is 2.60. The first kappa shape index (κ1) is 10.7. The molecule has 0 aliphatic carbocycles. The molecule has 14 heavy (non-hydrogen) atoms. The van der Waals surface area contributed by atoms with Crippen molar-refractivity contribution in [3.8, 4) is 0 Å². The van der Waals surface area contributed by atoms with Crippen LogP contribution in [0.3, 0.4) is 0 Å². The summed E-state index contributed by atoms with van der Waals surface area (Å²) in [7, 11) is 1.72. The lowest BCUT2D eigenvalue weighted by Gasteiger charge is -2.21. The highest BCUT2D eigenvalue weighted by molar-refractivity contribution is 8.13. The second-order valence-corrected chi connectivity index (χ2v) is 6.79. The van der Waals surface area contributed by atoms with Crippen molar-refractivity contribution < 1.29 is 17.9 Å². The summed E-state index contributed by atoms with van der Waals surface area (Å²) in [6.07, 6.45) is 2.25. The quantitative estimate of drug-likeness (QED) is 0.673. The highest BCUT2D eigenvalue weighted by Crippen LogP contribution is 2.37. The Kier molecular flexibility index (Phi) is 2.76. The van der Waals surface area contributed by atoms with Gasteiger partial charge in [0.2, 0.25) is 9.05 Å². The minimum Gasteiger partial charge on any atom is -0.378 e. The Morgan fingerprint density at radius 2 is 2.21 bits per heavy atom. The summed E-state index contributed by atoms with van der Waals surface area (Å²) in [6, 6.07) is 0. The van der Waals surface area contributed by atoms with Gasteiger partial charge in [-0.15, -0.1) is 0 Å². The highest BCUT2D eigenvalue weighted by Gasteiger charge is 2.44. The van der Waals surface area contributed by atoms with E-state index in [1.54, 1.807) is 0 Å². The summed E-state index contributed by atoms with van der Waals surface area (Å²) in [5.74, 6) is -0.0870. The van der Waals surface area contributed by atoms with E-state index in [-0.39, 0.29) is 17.5 Å². The van der Waals surface area contributed by atoms with E-state index in [1.807, 2.05) is 0 Å². The molecule has 4 nitrogen and oxygen atoms in total. The Morgan fingerprint density at radius 3 is 2.79 bits per heavy atom. The third-order valence-electron chi connectivity index (χ3n) is 2.79. The molecule has 2 unspecified atom stereocenters. The zero-order valence-electron chi connectivity index (χ0n) is 7.74. The molecule has 0 saturated carbocycles. The average molecular weight is 241 g/mol. The van der Waals surface area contributed by atoms with E-state index >= 15 is 0 Å². The topological polar surface area (TPSA) is 52.6 Å². The van der Waals surface area contributed by atoms with E-state index in [1.165, 1.54) is 0 Å². The zero-order chi connectivity index (χ0) is 10.2. The normalized spacial score (nSPS) is 38.2. The smallest absolute Gasteiger partial charge is 0.235 e. The summed E-state index contributed by atoms with van der Waals surface area (Å²) in [6.45, 7) is 1.30. The van der Waals surface area contributed by atoms with Gasteiger partial charge in [0.05, 0.1) is 24.1 Å². The van der Waals surface area contributed by atoms with Crippen LogP contribution in [0.15, 0.2) is 0 Å². The van der Waals surface area contributed by atoms with Gasteiger partial charge in [0, 0.05) is 23.7 Å². The second-order valence-electron chi connectivity index (χ2n) is 3.97. The predicted octanol–water partition coefficient (Wildman–Crippen LogP) is 0.893. The molecule has 0 aromatic carbocycles. The lowest BCUT2D eigenvalue weighted by atomic mass is 9.99. The molecule has 0 aromatic heterocycles. The molecule has 2 heterocycles. The van der Waals surface area contributed by atoms with E-state index in [4.69, 9.17) is 20.2 Å². The van der Waals surface area contributed by atoms with Crippen LogP contribution in [-0.4, -0.2) is 39.1 Å². The molecule has 1 spiro atoms. The van der Waals surface area contributed by atoms with Gasteiger partial charge in [-0.3, -0.25) is 0 Å². The maximum atomic E-state index is 10.8. The van der Waals surface area contributed by atoms with Crippen LogP contribution >= 0.6 is 10.7 Å². The van der Waals surface area contributed by atoms with Gasteiger partial charge < -0.3 is 9.47 Å². The molecular weight excluding hydrogens is 228 g/mol. The Hall–Kier alpha value is 0.160. The highest BCUT2D eigenvalue weighted by atomic mass is 35.7. The standard InChI is InChI=1S/C8H13ClO4S/c9-14(10,11)5-7-1-2-8(13-7)3-4-12-6-8/h7H,1-6H2. The molecular formula is C8H13ClO4S. The van der Waals surface area contributed by atoms with Gasteiger partial charge in [-0.2, -0.15) is 0 Å². The van der Waals surface area contributed by atoms with Crippen LogP contribution in [0, 0.1) is 0 Å². The van der Waals surface area contributed by atoms with E-state index < -0.39 is 9.05 Å². The minimum absolute atomic E-state index is 0.0870. The molecule has 2 aliphatic heterocycles. The molecule has 2 aliphatic rings. The molecule has 0 amide bonds. The van der Waals surface area contributed by atoms with Crippen LogP contribution in [0.25, 0.3) is 0 Å². The molecule has 2 atom stereocenters. The maximum Gasteiger partial charge on any atom is 0.235 e. The van der Waals surface area contributed by atoms with E-state index in [2.05, 4.69) is 0 Å². The van der Waals surface area contributed by atoms with Crippen molar-refractivity contribution in [1.29, 1.82) is 0 Å². The number of hydrogen-bond donors (Lipinski definition) is 0. The fourth-order valence-corrected chi connectivity index (χ4v) is 3.21.